The summed E-state index contributed by atoms with van der Waals surface area (Å²) >= 11 is 3.41. The standard InChI is InChI=1S/C22H21BrFN5O5/c1-13-21(29(31)32)14(2)28(27-13)11-20(30)26-25-10-15-8-17(23)22(19(9-15)33-3)34-12-16-6-4-5-7-18(16)24/h4-10H,11-12H2,1-3H3,(H,26,30)/b25-10-. The summed E-state index contributed by atoms with van der Waals surface area (Å²) in [6.07, 6.45) is 1.40. The minimum atomic E-state index is -0.529. The molecule has 2 aromatic carbocycles. The van der Waals surface area contributed by atoms with Gasteiger partial charge in [-0.1, -0.05) is 18.2 Å². The van der Waals surface area contributed by atoms with Gasteiger partial charge in [0.2, 0.25) is 0 Å². The zero-order chi connectivity index (χ0) is 24.8. The summed E-state index contributed by atoms with van der Waals surface area (Å²) in [5.74, 6) is -0.105. The van der Waals surface area contributed by atoms with Crippen LogP contribution in [0.15, 0.2) is 46.0 Å². The third-order valence-electron chi connectivity index (χ3n) is 4.80. The van der Waals surface area contributed by atoms with E-state index in [4.69, 9.17) is 9.47 Å². The highest BCUT2D eigenvalue weighted by Crippen LogP contribution is 2.37. The van der Waals surface area contributed by atoms with Gasteiger partial charge in [0.25, 0.3) is 5.91 Å². The molecule has 0 radical (unpaired) electrons. The quantitative estimate of drug-likeness (QED) is 0.251. The molecule has 0 spiro atoms. The first-order valence-corrected chi connectivity index (χ1v) is 10.7. The molecular weight excluding hydrogens is 513 g/mol. The zero-order valence-corrected chi connectivity index (χ0v) is 20.1. The van der Waals surface area contributed by atoms with Crippen LogP contribution in [0.2, 0.25) is 0 Å². The maximum Gasteiger partial charge on any atom is 0.312 e. The minimum absolute atomic E-state index is 0.00953. The van der Waals surface area contributed by atoms with Crippen molar-refractivity contribution < 1.29 is 23.6 Å². The number of rotatable bonds is 9. The Labute approximate surface area is 202 Å². The molecule has 12 heteroatoms. The van der Waals surface area contributed by atoms with Gasteiger partial charge < -0.3 is 9.47 Å². The molecule has 1 heterocycles. The van der Waals surface area contributed by atoms with E-state index in [0.29, 0.717) is 27.1 Å². The minimum Gasteiger partial charge on any atom is -0.493 e. The molecule has 0 aliphatic rings. The first kappa shape index (κ1) is 24.8. The molecule has 34 heavy (non-hydrogen) atoms. The van der Waals surface area contributed by atoms with Gasteiger partial charge in [0.1, 0.15) is 30.4 Å². The van der Waals surface area contributed by atoms with Crippen molar-refractivity contribution in [1.82, 2.24) is 15.2 Å². The number of nitrogens with one attached hydrogen (secondary N) is 1. The van der Waals surface area contributed by atoms with Crippen LogP contribution in [0.25, 0.3) is 0 Å². The highest BCUT2D eigenvalue weighted by Gasteiger charge is 2.22. The molecule has 3 rings (SSSR count). The Bertz CT molecular complexity index is 1260. The largest absolute Gasteiger partial charge is 0.493 e. The van der Waals surface area contributed by atoms with Crippen molar-refractivity contribution in [2.45, 2.75) is 27.0 Å². The van der Waals surface area contributed by atoms with Crippen molar-refractivity contribution in [1.29, 1.82) is 0 Å². The van der Waals surface area contributed by atoms with E-state index < -0.39 is 10.8 Å². The second-order valence-corrected chi connectivity index (χ2v) is 8.00. The molecule has 1 aromatic heterocycles. The maximum atomic E-state index is 13.8. The van der Waals surface area contributed by atoms with Crippen LogP contribution in [0.4, 0.5) is 10.1 Å². The van der Waals surface area contributed by atoms with Gasteiger partial charge in [-0.3, -0.25) is 19.6 Å². The molecule has 0 fully saturated rings. The zero-order valence-electron chi connectivity index (χ0n) is 18.5. The van der Waals surface area contributed by atoms with Gasteiger partial charge in [-0.25, -0.2) is 9.82 Å². The fourth-order valence-corrected chi connectivity index (χ4v) is 3.75. The van der Waals surface area contributed by atoms with Gasteiger partial charge in [0.05, 0.1) is 22.7 Å². The van der Waals surface area contributed by atoms with Crippen molar-refractivity contribution in [3.8, 4) is 11.5 Å². The van der Waals surface area contributed by atoms with Gasteiger partial charge in [-0.15, -0.1) is 0 Å². The Morgan fingerprint density at radius 1 is 1.35 bits per heavy atom. The summed E-state index contributed by atoms with van der Waals surface area (Å²) in [5, 5.41) is 19.0. The number of aromatic nitrogens is 2. The Kier molecular flexibility index (Phi) is 7.95. The summed E-state index contributed by atoms with van der Waals surface area (Å²) in [5.41, 5.74) is 3.74. The molecule has 0 saturated heterocycles. The molecule has 0 unspecified atom stereocenters. The fourth-order valence-electron chi connectivity index (χ4n) is 3.18. The van der Waals surface area contributed by atoms with Gasteiger partial charge in [0, 0.05) is 5.56 Å². The fraction of sp³-hybridized carbons (Fsp3) is 0.227. The normalized spacial score (nSPS) is 11.0. The summed E-state index contributed by atoms with van der Waals surface area (Å²) in [6, 6.07) is 9.64. The molecule has 0 atom stereocenters. The number of methoxy groups -OCH3 is 1. The number of hydrogen-bond donors (Lipinski definition) is 1. The molecule has 1 amide bonds. The average Bonchev–Trinajstić information content (AvgIpc) is 3.06. The summed E-state index contributed by atoms with van der Waals surface area (Å²) < 4.78 is 26.8. The second-order valence-electron chi connectivity index (χ2n) is 7.14. The SMILES string of the molecule is COc1cc(/C=N\NC(=O)Cn2nc(C)c([N+](=O)[O-])c2C)cc(Br)c1OCc1ccccc1F. The number of aryl methyl sites for hydroxylation is 1. The first-order chi connectivity index (χ1) is 16.2. The van der Waals surface area contributed by atoms with Crippen LogP contribution < -0.4 is 14.9 Å². The number of amides is 1. The van der Waals surface area contributed by atoms with Crippen LogP contribution in [0, 0.1) is 29.8 Å². The molecule has 10 nitrogen and oxygen atoms in total. The van der Waals surface area contributed by atoms with E-state index in [1.807, 2.05) is 0 Å². The highest BCUT2D eigenvalue weighted by atomic mass is 79.9. The highest BCUT2D eigenvalue weighted by molar-refractivity contribution is 9.10. The van der Waals surface area contributed by atoms with Crippen LogP contribution in [0.3, 0.4) is 0 Å². The summed E-state index contributed by atoms with van der Waals surface area (Å²) in [7, 11) is 1.47. The van der Waals surface area contributed by atoms with E-state index in [0.717, 1.165) is 0 Å². The molecule has 0 aliphatic heterocycles. The molecule has 0 bridgehead atoms. The van der Waals surface area contributed by atoms with Crippen molar-refractivity contribution in [2.75, 3.05) is 7.11 Å². The van der Waals surface area contributed by atoms with Crippen LogP contribution in [-0.4, -0.2) is 33.9 Å². The summed E-state index contributed by atoms with van der Waals surface area (Å²) in [4.78, 5) is 22.8. The third kappa shape index (κ3) is 5.76. The summed E-state index contributed by atoms with van der Waals surface area (Å²) in [6.45, 7) is 2.81. The number of carbonyl (C=O) groups is 1. The van der Waals surface area contributed by atoms with Crippen molar-refractivity contribution in [3.63, 3.8) is 0 Å². The molecule has 1 N–H and O–H groups in total. The Morgan fingerprint density at radius 3 is 2.74 bits per heavy atom. The number of nitro groups is 1. The molecule has 178 valence electrons. The van der Waals surface area contributed by atoms with Gasteiger partial charge in [0.15, 0.2) is 11.5 Å². The third-order valence-corrected chi connectivity index (χ3v) is 5.39. The van der Waals surface area contributed by atoms with Gasteiger partial charge in [-0.05, 0) is 53.5 Å². The van der Waals surface area contributed by atoms with E-state index in [-0.39, 0.29) is 36.0 Å². The number of halogens is 2. The van der Waals surface area contributed by atoms with E-state index in [1.54, 1.807) is 30.3 Å². The number of benzene rings is 2. The van der Waals surface area contributed by atoms with Crippen molar-refractivity contribution in [3.05, 3.63) is 79.3 Å². The number of hydrazone groups is 1. The number of nitrogens with zero attached hydrogens (tertiary/aromatic N) is 4. The molecule has 0 aliphatic carbocycles. The second kappa shape index (κ2) is 10.9. The predicted octanol–water partition coefficient (Wildman–Crippen LogP) is 4.05. The monoisotopic (exact) mass is 533 g/mol. The Morgan fingerprint density at radius 2 is 2.09 bits per heavy atom. The van der Waals surface area contributed by atoms with E-state index in [1.165, 1.54) is 37.9 Å². The van der Waals surface area contributed by atoms with Crippen LogP contribution in [-0.2, 0) is 17.9 Å². The lowest BCUT2D eigenvalue weighted by Gasteiger charge is -2.14. The smallest absolute Gasteiger partial charge is 0.312 e. The molecule has 0 saturated carbocycles. The van der Waals surface area contributed by atoms with E-state index >= 15 is 0 Å². The van der Waals surface area contributed by atoms with Gasteiger partial charge in [-0.2, -0.15) is 10.2 Å². The topological polar surface area (TPSA) is 121 Å². The lowest BCUT2D eigenvalue weighted by Crippen LogP contribution is -2.24. The van der Waals surface area contributed by atoms with Crippen LogP contribution in [0.1, 0.15) is 22.5 Å². The van der Waals surface area contributed by atoms with Crippen molar-refractivity contribution in [2.24, 2.45) is 5.10 Å². The number of carbonyl (C=O) groups excluding carboxylic acids is 1. The maximum absolute atomic E-state index is 13.8. The average molecular weight is 534 g/mol. The van der Waals surface area contributed by atoms with Crippen LogP contribution >= 0.6 is 15.9 Å². The van der Waals surface area contributed by atoms with E-state index in [2.05, 4.69) is 31.6 Å². The van der Waals surface area contributed by atoms with E-state index in [9.17, 15) is 19.3 Å². The predicted molar refractivity (Wildman–Crippen MR) is 126 cm³/mol. The number of ether oxygens (including phenoxy) is 2. The molecule has 3 aromatic rings. The Balaban J connectivity index is 1.66. The Hall–Kier alpha value is -3.80. The number of hydrogen-bond acceptors (Lipinski definition) is 7. The van der Waals surface area contributed by atoms with Crippen molar-refractivity contribution >= 4 is 33.7 Å². The van der Waals surface area contributed by atoms with Crippen LogP contribution in [0.5, 0.6) is 11.5 Å². The van der Waals surface area contributed by atoms with Gasteiger partial charge >= 0.3 is 5.69 Å². The first-order valence-electron chi connectivity index (χ1n) is 9.95. The molecular formula is C22H21BrFN5O5. The lowest BCUT2D eigenvalue weighted by molar-refractivity contribution is -0.386. The lowest BCUT2D eigenvalue weighted by atomic mass is 10.2.